The summed E-state index contributed by atoms with van der Waals surface area (Å²) >= 11 is 0. The second kappa shape index (κ2) is 7.75. The van der Waals surface area contributed by atoms with E-state index in [9.17, 15) is 0 Å². The minimum atomic E-state index is 0.00324. The van der Waals surface area contributed by atoms with Crippen molar-refractivity contribution >= 4 is 0 Å². The smallest absolute Gasteiger partial charge is 0.0837 e. The molecule has 1 aliphatic carbocycles. The van der Waals surface area contributed by atoms with Gasteiger partial charge in [-0.1, -0.05) is 25.7 Å². The standard InChI is InChI=1S/C17H28N2O/c1-3-20-17(10-6-4-5-7-11-17)16(18-2)14-15-8-12-19-13-9-15/h8-9,12-13,16,18H,3-7,10-11,14H2,1-2H3. The number of rotatable bonds is 6. The quantitative estimate of drug-likeness (QED) is 0.809. The summed E-state index contributed by atoms with van der Waals surface area (Å²) in [4.78, 5) is 4.11. The Morgan fingerprint density at radius 3 is 2.40 bits per heavy atom. The number of hydrogen-bond acceptors (Lipinski definition) is 3. The van der Waals surface area contributed by atoms with Crippen LogP contribution in [0.25, 0.3) is 0 Å². The van der Waals surface area contributed by atoms with Crippen molar-refractivity contribution < 1.29 is 4.74 Å². The van der Waals surface area contributed by atoms with Gasteiger partial charge in [0.2, 0.25) is 0 Å². The van der Waals surface area contributed by atoms with Gasteiger partial charge in [-0.25, -0.2) is 0 Å². The van der Waals surface area contributed by atoms with Gasteiger partial charge in [-0.3, -0.25) is 4.98 Å². The van der Waals surface area contributed by atoms with Gasteiger partial charge in [0.15, 0.2) is 0 Å². The van der Waals surface area contributed by atoms with E-state index in [1.807, 2.05) is 12.4 Å². The van der Waals surface area contributed by atoms with Crippen LogP contribution in [-0.2, 0) is 11.2 Å². The largest absolute Gasteiger partial charge is 0.374 e. The molecule has 0 radical (unpaired) electrons. The molecular weight excluding hydrogens is 248 g/mol. The minimum absolute atomic E-state index is 0.00324. The van der Waals surface area contributed by atoms with E-state index in [0.29, 0.717) is 6.04 Å². The van der Waals surface area contributed by atoms with Crippen molar-refractivity contribution in [1.29, 1.82) is 0 Å². The molecule has 1 fully saturated rings. The summed E-state index contributed by atoms with van der Waals surface area (Å²) in [5, 5.41) is 3.53. The Balaban J connectivity index is 2.15. The summed E-state index contributed by atoms with van der Waals surface area (Å²) in [5.41, 5.74) is 1.34. The highest BCUT2D eigenvalue weighted by Gasteiger charge is 2.38. The number of pyridine rings is 1. The number of likely N-dealkylation sites (N-methyl/N-ethyl adjacent to an activating group) is 1. The summed E-state index contributed by atoms with van der Waals surface area (Å²) in [5.74, 6) is 0. The van der Waals surface area contributed by atoms with Crippen LogP contribution in [0.5, 0.6) is 0 Å². The molecule has 1 saturated carbocycles. The molecule has 1 aliphatic rings. The Kier molecular flexibility index (Phi) is 5.99. The van der Waals surface area contributed by atoms with Crippen molar-refractivity contribution in [3.8, 4) is 0 Å². The zero-order valence-corrected chi connectivity index (χ0v) is 12.9. The van der Waals surface area contributed by atoms with Crippen LogP contribution in [-0.4, -0.2) is 30.3 Å². The molecule has 1 atom stereocenters. The average Bonchev–Trinajstić information content (AvgIpc) is 2.73. The number of ether oxygens (including phenoxy) is 1. The van der Waals surface area contributed by atoms with E-state index in [4.69, 9.17) is 4.74 Å². The molecule has 112 valence electrons. The fourth-order valence-corrected chi connectivity index (χ4v) is 3.51. The van der Waals surface area contributed by atoms with Gasteiger partial charge in [0.1, 0.15) is 0 Å². The molecule has 1 heterocycles. The van der Waals surface area contributed by atoms with Crippen LogP contribution >= 0.6 is 0 Å². The number of aromatic nitrogens is 1. The molecule has 0 amide bonds. The lowest BCUT2D eigenvalue weighted by Crippen LogP contribution is -2.52. The fraction of sp³-hybridized carbons (Fsp3) is 0.706. The molecule has 3 nitrogen and oxygen atoms in total. The maximum atomic E-state index is 6.30. The molecule has 0 aliphatic heterocycles. The van der Waals surface area contributed by atoms with E-state index >= 15 is 0 Å². The Hall–Kier alpha value is -0.930. The molecule has 0 aromatic carbocycles. The third-order valence-electron chi connectivity index (χ3n) is 4.55. The lowest BCUT2D eigenvalue weighted by molar-refractivity contribution is -0.0752. The zero-order valence-electron chi connectivity index (χ0n) is 12.9. The highest BCUT2D eigenvalue weighted by atomic mass is 16.5. The van der Waals surface area contributed by atoms with Gasteiger partial charge in [0, 0.05) is 25.0 Å². The lowest BCUT2D eigenvalue weighted by atomic mass is 9.83. The zero-order chi connectivity index (χ0) is 14.3. The monoisotopic (exact) mass is 276 g/mol. The van der Waals surface area contributed by atoms with Crippen molar-refractivity contribution in [2.45, 2.75) is 63.5 Å². The molecule has 1 N–H and O–H groups in total. The molecule has 2 rings (SSSR count). The minimum Gasteiger partial charge on any atom is -0.374 e. The normalized spacial score (nSPS) is 20.3. The number of nitrogens with one attached hydrogen (secondary N) is 1. The maximum absolute atomic E-state index is 6.30. The molecule has 3 heteroatoms. The molecule has 1 aromatic heterocycles. The summed E-state index contributed by atoms with van der Waals surface area (Å²) in [6.07, 6.45) is 12.4. The van der Waals surface area contributed by atoms with Gasteiger partial charge < -0.3 is 10.1 Å². The molecule has 20 heavy (non-hydrogen) atoms. The van der Waals surface area contributed by atoms with Crippen LogP contribution in [0.1, 0.15) is 51.0 Å². The van der Waals surface area contributed by atoms with E-state index in [1.54, 1.807) is 0 Å². The Labute approximate surface area is 123 Å². The average molecular weight is 276 g/mol. The first-order chi connectivity index (χ1) is 9.80. The lowest BCUT2D eigenvalue weighted by Gasteiger charge is -2.40. The van der Waals surface area contributed by atoms with Crippen molar-refractivity contribution in [2.75, 3.05) is 13.7 Å². The Morgan fingerprint density at radius 1 is 1.20 bits per heavy atom. The van der Waals surface area contributed by atoms with Crippen LogP contribution in [0.15, 0.2) is 24.5 Å². The van der Waals surface area contributed by atoms with Gasteiger partial charge in [-0.2, -0.15) is 0 Å². The summed E-state index contributed by atoms with van der Waals surface area (Å²) in [6.45, 7) is 2.92. The first-order valence-electron chi connectivity index (χ1n) is 8.01. The highest BCUT2D eigenvalue weighted by molar-refractivity contribution is 5.13. The van der Waals surface area contributed by atoms with E-state index < -0.39 is 0 Å². The predicted octanol–water partition coefficient (Wildman–Crippen LogP) is 3.34. The van der Waals surface area contributed by atoms with Gasteiger partial charge in [-0.15, -0.1) is 0 Å². The predicted molar refractivity (Wildman–Crippen MR) is 82.8 cm³/mol. The SMILES string of the molecule is CCOC1(C(Cc2ccncc2)NC)CCCCCC1. The fourth-order valence-electron chi connectivity index (χ4n) is 3.51. The third kappa shape index (κ3) is 3.80. The third-order valence-corrected chi connectivity index (χ3v) is 4.55. The first-order valence-corrected chi connectivity index (χ1v) is 8.01. The van der Waals surface area contributed by atoms with Crippen molar-refractivity contribution in [3.05, 3.63) is 30.1 Å². The second-order valence-corrected chi connectivity index (χ2v) is 5.81. The molecular formula is C17H28N2O. The summed E-state index contributed by atoms with van der Waals surface area (Å²) in [6, 6.07) is 4.60. The molecule has 0 spiro atoms. The van der Waals surface area contributed by atoms with E-state index in [0.717, 1.165) is 13.0 Å². The van der Waals surface area contributed by atoms with E-state index in [-0.39, 0.29) is 5.60 Å². The molecule has 0 saturated heterocycles. The second-order valence-electron chi connectivity index (χ2n) is 5.81. The van der Waals surface area contributed by atoms with Gasteiger partial charge in [0.25, 0.3) is 0 Å². The van der Waals surface area contributed by atoms with E-state index in [2.05, 4.69) is 36.4 Å². The first kappa shape index (κ1) is 15.5. The number of hydrogen-bond donors (Lipinski definition) is 1. The number of nitrogens with zero attached hydrogens (tertiary/aromatic N) is 1. The van der Waals surface area contributed by atoms with Gasteiger partial charge >= 0.3 is 0 Å². The Bertz CT molecular complexity index is 372. The highest BCUT2D eigenvalue weighted by Crippen LogP contribution is 2.34. The van der Waals surface area contributed by atoms with Gasteiger partial charge in [0.05, 0.1) is 5.60 Å². The molecule has 0 bridgehead atoms. The Morgan fingerprint density at radius 2 is 1.85 bits per heavy atom. The molecule has 1 unspecified atom stereocenters. The topological polar surface area (TPSA) is 34.1 Å². The van der Waals surface area contributed by atoms with Crippen LogP contribution in [0.3, 0.4) is 0 Å². The van der Waals surface area contributed by atoms with Gasteiger partial charge in [-0.05, 0) is 50.9 Å². The van der Waals surface area contributed by atoms with Crippen molar-refractivity contribution in [2.24, 2.45) is 0 Å². The molecule has 1 aromatic rings. The van der Waals surface area contributed by atoms with Crippen LogP contribution in [0.4, 0.5) is 0 Å². The van der Waals surface area contributed by atoms with Crippen LogP contribution in [0, 0.1) is 0 Å². The van der Waals surface area contributed by atoms with Crippen molar-refractivity contribution in [1.82, 2.24) is 10.3 Å². The van der Waals surface area contributed by atoms with E-state index in [1.165, 1.54) is 44.1 Å². The summed E-state index contributed by atoms with van der Waals surface area (Å²) < 4.78 is 6.30. The van der Waals surface area contributed by atoms with Crippen LogP contribution < -0.4 is 5.32 Å². The van der Waals surface area contributed by atoms with Crippen molar-refractivity contribution in [3.63, 3.8) is 0 Å². The van der Waals surface area contributed by atoms with Crippen LogP contribution in [0.2, 0.25) is 0 Å². The maximum Gasteiger partial charge on any atom is 0.0837 e. The summed E-state index contributed by atoms with van der Waals surface area (Å²) in [7, 11) is 2.07.